The van der Waals surface area contributed by atoms with E-state index in [1.165, 1.54) is 0 Å². The molecule has 2 atom stereocenters. The summed E-state index contributed by atoms with van der Waals surface area (Å²) in [6.07, 6.45) is 0.991. The van der Waals surface area contributed by atoms with E-state index in [1.54, 1.807) is 22.8 Å². The van der Waals surface area contributed by atoms with Crippen molar-refractivity contribution in [2.75, 3.05) is 19.7 Å². The third-order valence-electron chi connectivity index (χ3n) is 3.30. The zero-order valence-corrected chi connectivity index (χ0v) is 12.0. The number of rotatable bonds is 4. The van der Waals surface area contributed by atoms with Gasteiger partial charge >= 0.3 is 12.0 Å². The molecule has 2 heterocycles. The smallest absolute Gasteiger partial charge is 0.318 e. The maximum Gasteiger partial charge on any atom is 0.318 e. The van der Waals surface area contributed by atoms with Crippen molar-refractivity contribution >= 4 is 12.0 Å². The van der Waals surface area contributed by atoms with Gasteiger partial charge in [-0.15, -0.1) is 10.2 Å². The first-order chi connectivity index (χ1) is 9.97. The van der Waals surface area contributed by atoms with Gasteiger partial charge in [0.2, 0.25) is 0 Å². The minimum atomic E-state index is -0.935. The van der Waals surface area contributed by atoms with Gasteiger partial charge in [-0.3, -0.25) is 4.79 Å². The Hall–Kier alpha value is -2.16. The average Bonchev–Trinajstić information content (AvgIpc) is 2.84. The van der Waals surface area contributed by atoms with Gasteiger partial charge in [-0.2, -0.15) is 0 Å². The summed E-state index contributed by atoms with van der Waals surface area (Å²) in [4.78, 5) is 24.5. The maximum atomic E-state index is 12.2. The lowest BCUT2D eigenvalue weighted by Gasteiger charge is -2.33. The predicted molar refractivity (Wildman–Crippen MR) is 71.5 cm³/mol. The first-order valence-electron chi connectivity index (χ1n) is 6.70. The quantitative estimate of drug-likeness (QED) is 0.794. The maximum absolute atomic E-state index is 12.2. The molecule has 9 heteroatoms. The van der Waals surface area contributed by atoms with E-state index in [1.807, 2.05) is 6.92 Å². The van der Waals surface area contributed by atoms with E-state index in [4.69, 9.17) is 9.84 Å². The molecule has 2 N–H and O–H groups in total. The van der Waals surface area contributed by atoms with Crippen molar-refractivity contribution in [1.82, 2.24) is 25.0 Å². The number of morpholine rings is 1. The van der Waals surface area contributed by atoms with Crippen molar-refractivity contribution in [3.05, 3.63) is 12.2 Å². The molecule has 0 saturated carbocycles. The molecule has 1 aromatic heterocycles. The summed E-state index contributed by atoms with van der Waals surface area (Å²) in [6, 6.07) is -0.546. The van der Waals surface area contributed by atoms with Gasteiger partial charge in [-0.25, -0.2) is 4.79 Å². The van der Waals surface area contributed by atoms with Crippen LogP contribution in [0.25, 0.3) is 0 Å². The van der Waals surface area contributed by atoms with Crippen molar-refractivity contribution in [3.8, 4) is 0 Å². The van der Waals surface area contributed by atoms with Crippen LogP contribution in [0.2, 0.25) is 0 Å². The third-order valence-corrected chi connectivity index (χ3v) is 3.30. The van der Waals surface area contributed by atoms with Gasteiger partial charge in [0, 0.05) is 20.1 Å². The molecule has 116 valence electrons. The number of aromatic nitrogens is 3. The molecule has 1 aliphatic heterocycles. The molecule has 9 nitrogen and oxygen atoms in total. The van der Waals surface area contributed by atoms with E-state index < -0.39 is 12.1 Å². The van der Waals surface area contributed by atoms with Gasteiger partial charge in [0.1, 0.15) is 6.33 Å². The van der Waals surface area contributed by atoms with Gasteiger partial charge < -0.3 is 24.6 Å². The summed E-state index contributed by atoms with van der Waals surface area (Å²) >= 11 is 0. The Kier molecular flexibility index (Phi) is 4.73. The van der Waals surface area contributed by atoms with Gasteiger partial charge in [0.05, 0.1) is 25.2 Å². The Bertz CT molecular complexity index is 518. The van der Waals surface area contributed by atoms with Crippen molar-refractivity contribution in [3.63, 3.8) is 0 Å². The Morgan fingerprint density at radius 1 is 1.62 bits per heavy atom. The number of nitrogens with one attached hydrogen (secondary N) is 1. The minimum absolute atomic E-state index is 0.109. The number of carbonyl (C=O) groups is 2. The van der Waals surface area contributed by atoms with Gasteiger partial charge in [-0.05, 0) is 6.92 Å². The lowest BCUT2D eigenvalue weighted by atomic mass is 10.2. The summed E-state index contributed by atoms with van der Waals surface area (Å²) in [5.41, 5.74) is 0. The van der Waals surface area contributed by atoms with Gasteiger partial charge in [0.25, 0.3) is 0 Å². The van der Waals surface area contributed by atoms with E-state index in [0.29, 0.717) is 19.0 Å². The fourth-order valence-electron chi connectivity index (χ4n) is 2.25. The van der Waals surface area contributed by atoms with Gasteiger partial charge in [-0.1, -0.05) is 0 Å². The van der Waals surface area contributed by atoms with Crippen LogP contribution >= 0.6 is 0 Å². The molecule has 21 heavy (non-hydrogen) atoms. The number of carboxylic acid groups (broad SMARTS) is 1. The summed E-state index contributed by atoms with van der Waals surface area (Å²) in [7, 11) is 1.80. The van der Waals surface area contributed by atoms with Crippen LogP contribution in [0.4, 0.5) is 4.79 Å². The van der Waals surface area contributed by atoms with Crippen LogP contribution < -0.4 is 5.32 Å². The Balaban J connectivity index is 1.90. The number of carboxylic acids is 1. The van der Waals surface area contributed by atoms with Crippen molar-refractivity contribution in [2.45, 2.75) is 25.5 Å². The summed E-state index contributed by atoms with van der Waals surface area (Å²) < 4.78 is 7.07. The molecule has 2 amide bonds. The van der Waals surface area contributed by atoms with Crippen molar-refractivity contribution in [1.29, 1.82) is 0 Å². The van der Waals surface area contributed by atoms with Gasteiger partial charge in [0.15, 0.2) is 5.82 Å². The minimum Gasteiger partial charge on any atom is -0.481 e. The van der Waals surface area contributed by atoms with Crippen LogP contribution in [0.15, 0.2) is 6.33 Å². The average molecular weight is 297 g/mol. The molecule has 1 saturated heterocycles. The fourth-order valence-corrected chi connectivity index (χ4v) is 2.25. The van der Waals surface area contributed by atoms with Crippen LogP contribution in [-0.2, 0) is 16.6 Å². The highest BCUT2D eigenvalue weighted by molar-refractivity contribution is 5.75. The van der Waals surface area contributed by atoms with Crippen molar-refractivity contribution in [2.24, 2.45) is 7.05 Å². The molecule has 0 radical (unpaired) electrons. The van der Waals surface area contributed by atoms with Crippen LogP contribution in [0.5, 0.6) is 0 Å². The molecule has 1 fully saturated rings. The zero-order chi connectivity index (χ0) is 15.4. The normalized spacial score (nSPS) is 20.1. The number of aliphatic carboxylic acids is 1. The van der Waals surface area contributed by atoms with E-state index in [9.17, 15) is 9.59 Å². The third kappa shape index (κ3) is 3.91. The molecule has 2 unspecified atom stereocenters. The number of nitrogens with zero attached hydrogens (tertiary/aromatic N) is 4. The highest BCUT2D eigenvalue weighted by Crippen LogP contribution is 2.12. The second-order valence-corrected chi connectivity index (χ2v) is 5.01. The second-order valence-electron chi connectivity index (χ2n) is 5.01. The first-order valence-corrected chi connectivity index (χ1v) is 6.70. The number of hydrogen-bond acceptors (Lipinski definition) is 5. The SMILES string of the molecule is CC(NC(=O)N1CCOC(CC(=O)O)C1)c1nncn1C. The van der Waals surface area contributed by atoms with Crippen LogP contribution in [0.1, 0.15) is 25.2 Å². The summed E-state index contributed by atoms with van der Waals surface area (Å²) in [5, 5.41) is 19.3. The summed E-state index contributed by atoms with van der Waals surface area (Å²) in [6.45, 7) is 2.86. The molecule has 0 spiro atoms. The highest BCUT2D eigenvalue weighted by Gasteiger charge is 2.27. The lowest BCUT2D eigenvalue weighted by molar-refractivity contribution is -0.141. The van der Waals surface area contributed by atoms with Crippen LogP contribution in [0, 0.1) is 0 Å². The van der Waals surface area contributed by atoms with Crippen LogP contribution in [-0.4, -0.2) is 62.6 Å². The number of aryl methyl sites for hydroxylation is 1. The zero-order valence-electron chi connectivity index (χ0n) is 12.0. The second kappa shape index (κ2) is 6.53. The molecular weight excluding hydrogens is 278 g/mol. The number of ether oxygens (including phenoxy) is 1. The molecule has 1 aliphatic rings. The van der Waals surface area contributed by atoms with E-state index >= 15 is 0 Å². The highest BCUT2D eigenvalue weighted by atomic mass is 16.5. The number of urea groups is 1. The molecular formula is C12H19N5O4. The lowest BCUT2D eigenvalue weighted by Crippen LogP contribution is -2.50. The molecule has 0 aromatic carbocycles. The molecule has 1 aromatic rings. The van der Waals surface area contributed by atoms with E-state index in [2.05, 4.69) is 15.5 Å². The number of carbonyl (C=O) groups excluding carboxylic acids is 1. The van der Waals surface area contributed by atoms with Crippen molar-refractivity contribution < 1.29 is 19.4 Å². The first kappa shape index (κ1) is 15.2. The molecule has 0 aliphatic carbocycles. The van der Waals surface area contributed by atoms with E-state index in [-0.39, 0.29) is 25.0 Å². The largest absolute Gasteiger partial charge is 0.481 e. The standard InChI is InChI=1S/C12H19N5O4/c1-8(11-15-13-7-16(11)2)14-12(20)17-3-4-21-9(6-17)5-10(18)19/h7-9H,3-6H2,1-2H3,(H,14,20)(H,18,19). The monoisotopic (exact) mass is 297 g/mol. The summed E-state index contributed by atoms with van der Waals surface area (Å²) in [5.74, 6) is -0.284. The Labute approximate surface area is 121 Å². The Morgan fingerprint density at radius 3 is 3.00 bits per heavy atom. The number of hydrogen-bond donors (Lipinski definition) is 2. The van der Waals surface area contributed by atoms with E-state index in [0.717, 1.165) is 0 Å². The number of amides is 2. The fraction of sp³-hybridized carbons (Fsp3) is 0.667. The molecule has 2 rings (SSSR count). The molecule has 0 bridgehead atoms. The predicted octanol–water partition coefficient (Wildman–Crippen LogP) is -0.239. The Morgan fingerprint density at radius 2 is 2.38 bits per heavy atom. The topological polar surface area (TPSA) is 110 Å². The van der Waals surface area contributed by atoms with Crippen LogP contribution in [0.3, 0.4) is 0 Å².